The van der Waals surface area contributed by atoms with E-state index < -0.39 is 0 Å². The van der Waals surface area contributed by atoms with E-state index in [0.29, 0.717) is 17.9 Å². The van der Waals surface area contributed by atoms with Crippen LogP contribution in [0.4, 0.5) is 0 Å². The number of nitrogens with zero attached hydrogens (tertiary/aromatic N) is 1. The molecule has 5 heteroatoms. The molecule has 1 aliphatic heterocycles. The average Bonchev–Trinajstić information content (AvgIpc) is 2.57. The van der Waals surface area contributed by atoms with Crippen molar-refractivity contribution in [2.24, 2.45) is 0 Å². The summed E-state index contributed by atoms with van der Waals surface area (Å²) in [5, 5.41) is 0. The minimum atomic E-state index is -0.363. The minimum absolute atomic E-state index is 0.363. The lowest BCUT2D eigenvalue weighted by molar-refractivity contribution is 0.221. The summed E-state index contributed by atoms with van der Waals surface area (Å²) in [6.45, 7) is 3.68. The van der Waals surface area contributed by atoms with Gasteiger partial charge in [-0.2, -0.15) is 11.8 Å². The molecule has 116 valence electrons. The number of hydrogen-bond donors (Lipinski definition) is 0. The van der Waals surface area contributed by atoms with E-state index in [1.54, 1.807) is 6.07 Å². The van der Waals surface area contributed by atoms with Gasteiger partial charge in [-0.3, -0.25) is 4.90 Å². The predicted octanol–water partition coefficient (Wildman–Crippen LogP) is 2.73. The van der Waals surface area contributed by atoms with Crippen molar-refractivity contribution >= 4 is 11.8 Å². The standard InChI is InChI=1S/C17H19NO3S/c19-17-16(14-4-2-1-3-5-14)15(6-10-21-17)20-11-7-18-8-12-22-13-9-18/h1-6,10H,7-9,11-13H2. The highest BCUT2D eigenvalue weighted by atomic mass is 32.2. The lowest BCUT2D eigenvalue weighted by Crippen LogP contribution is -2.35. The highest BCUT2D eigenvalue weighted by Crippen LogP contribution is 2.26. The molecule has 0 aliphatic carbocycles. The van der Waals surface area contributed by atoms with Gasteiger partial charge in [0.2, 0.25) is 0 Å². The minimum Gasteiger partial charge on any atom is -0.491 e. The van der Waals surface area contributed by atoms with Crippen LogP contribution < -0.4 is 10.4 Å². The lowest BCUT2D eigenvalue weighted by atomic mass is 10.1. The van der Waals surface area contributed by atoms with Crippen LogP contribution in [0.2, 0.25) is 0 Å². The zero-order valence-electron chi connectivity index (χ0n) is 12.4. The maximum Gasteiger partial charge on any atom is 0.347 e. The summed E-state index contributed by atoms with van der Waals surface area (Å²) < 4.78 is 10.9. The molecular weight excluding hydrogens is 298 g/mol. The molecule has 0 spiro atoms. The van der Waals surface area contributed by atoms with Crippen molar-refractivity contribution < 1.29 is 9.15 Å². The first-order chi connectivity index (χ1) is 10.8. The maximum absolute atomic E-state index is 12.0. The first-order valence-corrected chi connectivity index (χ1v) is 8.60. The Bertz CT molecular complexity index is 650. The Morgan fingerprint density at radius 1 is 1.14 bits per heavy atom. The SMILES string of the molecule is O=c1occc(OCCN2CCSCC2)c1-c1ccccc1. The molecule has 0 saturated carbocycles. The molecule has 2 heterocycles. The Balaban J connectivity index is 1.71. The fourth-order valence-electron chi connectivity index (χ4n) is 2.50. The van der Waals surface area contributed by atoms with E-state index >= 15 is 0 Å². The molecule has 1 fully saturated rings. The van der Waals surface area contributed by atoms with Crippen LogP contribution in [0.3, 0.4) is 0 Å². The number of rotatable bonds is 5. The molecule has 0 atom stereocenters. The highest BCUT2D eigenvalue weighted by Gasteiger charge is 2.14. The van der Waals surface area contributed by atoms with Gasteiger partial charge in [0.25, 0.3) is 0 Å². The topological polar surface area (TPSA) is 42.7 Å². The second-order valence-corrected chi connectivity index (χ2v) is 6.34. The summed E-state index contributed by atoms with van der Waals surface area (Å²) in [7, 11) is 0. The van der Waals surface area contributed by atoms with E-state index in [0.717, 1.165) is 25.2 Å². The van der Waals surface area contributed by atoms with Crippen LogP contribution in [0.1, 0.15) is 0 Å². The molecule has 1 aliphatic rings. The Hall–Kier alpha value is -1.72. The molecule has 0 unspecified atom stereocenters. The molecule has 1 saturated heterocycles. The molecule has 4 nitrogen and oxygen atoms in total. The average molecular weight is 317 g/mol. The summed E-state index contributed by atoms with van der Waals surface area (Å²) in [6, 6.07) is 11.2. The molecular formula is C17H19NO3S. The van der Waals surface area contributed by atoms with Gasteiger partial charge in [0, 0.05) is 37.2 Å². The van der Waals surface area contributed by atoms with Crippen LogP contribution in [-0.2, 0) is 0 Å². The number of hydrogen-bond acceptors (Lipinski definition) is 5. The quantitative estimate of drug-likeness (QED) is 0.848. The zero-order chi connectivity index (χ0) is 15.2. The monoisotopic (exact) mass is 317 g/mol. The van der Waals surface area contributed by atoms with Gasteiger partial charge in [0.05, 0.1) is 6.26 Å². The Morgan fingerprint density at radius 2 is 1.91 bits per heavy atom. The fraction of sp³-hybridized carbons (Fsp3) is 0.353. The molecule has 0 N–H and O–H groups in total. The molecule has 0 amide bonds. The summed E-state index contributed by atoms with van der Waals surface area (Å²) in [5.74, 6) is 2.96. The first-order valence-electron chi connectivity index (χ1n) is 7.45. The van der Waals surface area contributed by atoms with Crippen LogP contribution in [0.25, 0.3) is 11.1 Å². The van der Waals surface area contributed by atoms with E-state index in [1.165, 1.54) is 17.8 Å². The van der Waals surface area contributed by atoms with Crippen molar-refractivity contribution in [3.8, 4) is 16.9 Å². The van der Waals surface area contributed by atoms with E-state index in [9.17, 15) is 4.79 Å². The van der Waals surface area contributed by atoms with Gasteiger partial charge >= 0.3 is 5.63 Å². The Kier molecular flexibility index (Phi) is 5.19. The molecule has 0 radical (unpaired) electrons. The van der Waals surface area contributed by atoms with Gasteiger partial charge < -0.3 is 9.15 Å². The highest BCUT2D eigenvalue weighted by molar-refractivity contribution is 7.99. The molecule has 1 aromatic carbocycles. The summed E-state index contributed by atoms with van der Waals surface area (Å²) in [5.41, 5.74) is 0.955. The third kappa shape index (κ3) is 3.72. The smallest absolute Gasteiger partial charge is 0.347 e. The largest absolute Gasteiger partial charge is 0.491 e. The van der Waals surface area contributed by atoms with Crippen LogP contribution in [0.5, 0.6) is 5.75 Å². The third-order valence-electron chi connectivity index (χ3n) is 3.68. The van der Waals surface area contributed by atoms with Gasteiger partial charge in [-0.05, 0) is 5.56 Å². The van der Waals surface area contributed by atoms with Crippen LogP contribution >= 0.6 is 11.8 Å². The van der Waals surface area contributed by atoms with E-state index in [-0.39, 0.29) is 5.63 Å². The van der Waals surface area contributed by atoms with Gasteiger partial charge in [-0.15, -0.1) is 0 Å². The van der Waals surface area contributed by atoms with Crippen molar-refractivity contribution in [1.29, 1.82) is 0 Å². The third-order valence-corrected chi connectivity index (χ3v) is 4.62. The molecule has 2 aromatic rings. The van der Waals surface area contributed by atoms with Gasteiger partial charge in [-0.25, -0.2) is 4.79 Å². The van der Waals surface area contributed by atoms with Crippen molar-refractivity contribution in [3.63, 3.8) is 0 Å². The summed E-state index contributed by atoms with van der Waals surface area (Å²) in [6.07, 6.45) is 1.39. The zero-order valence-corrected chi connectivity index (χ0v) is 13.2. The second kappa shape index (κ2) is 7.51. The van der Waals surface area contributed by atoms with E-state index in [1.807, 2.05) is 42.1 Å². The molecule has 1 aromatic heterocycles. The maximum atomic E-state index is 12.0. The predicted molar refractivity (Wildman–Crippen MR) is 89.7 cm³/mol. The fourth-order valence-corrected chi connectivity index (χ4v) is 3.47. The number of benzene rings is 1. The summed E-state index contributed by atoms with van der Waals surface area (Å²) >= 11 is 1.99. The molecule has 3 rings (SSSR count). The first kappa shape index (κ1) is 15.2. The van der Waals surface area contributed by atoms with Crippen LogP contribution in [-0.4, -0.2) is 42.6 Å². The van der Waals surface area contributed by atoms with Crippen molar-refractivity contribution in [2.75, 3.05) is 37.7 Å². The summed E-state index contributed by atoms with van der Waals surface area (Å²) in [4.78, 5) is 14.4. The Labute approximate surface area is 134 Å². The number of ether oxygens (including phenoxy) is 1. The lowest BCUT2D eigenvalue weighted by Gasteiger charge is -2.26. The van der Waals surface area contributed by atoms with Gasteiger partial charge in [-0.1, -0.05) is 30.3 Å². The van der Waals surface area contributed by atoms with Crippen LogP contribution in [0, 0.1) is 0 Å². The second-order valence-electron chi connectivity index (χ2n) is 5.12. The molecule has 22 heavy (non-hydrogen) atoms. The van der Waals surface area contributed by atoms with Crippen molar-refractivity contribution in [2.45, 2.75) is 0 Å². The van der Waals surface area contributed by atoms with Crippen molar-refractivity contribution in [3.05, 3.63) is 53.1 Å². The van der Waals surface area contributed by atoms with E-state index in [4.69, 9.17) is 9.15 Å². The molecule has 0 bridgehead atoms. The Morgan fingerprint density at radius 3 is 2.68 bits per heavy atom. The van der Waals surface area contributed by atoms with Crippen molar-refractivity contribution in [1.82, 2.24) is 4.90 Å². The van der Waals surface area contributed by atoms with Gasteiger partial charge in [0.1, 0.15) is 17.9 Å². The van der Waals surface area contributed by atoms with E-state index in [2.05, 4.69) is 4.90 Å². The number of thioether (sulfide) groups is 1. The normalized spacial score (nSPS) is 15.6. The van der Waals surface area contributed by atoms with Gasteiger partial charge in [0.15, 0.2) is 0 Å². The van der Waals surface area contributed by atoms with Crippen LogP contribution in [0.15, 0.2) is 51.9 Å².